The topological polar surface area (TPSA) is 84.1 Å². The molecule has 1 heterocycles. The number of terminal acetylenes is 1. The largest absolute Gasteiger partial charge is 0.418 e. The Labute approximate surface area is 164 Å². The SMILES string of the molecule is C#CN(C(=O)Nc1ccccc1C(F)(F)F)c1cccc(-c2cnc(N)nc2)c1. The molecule has 0 aliphatic heterocycles. The molecule has 0 bridgehead atoms. The van der Waals surface area contributed by atoms with Crippen LogP contribution in [0.25, 0.3) is 11.1 Å². The smallest absolute Gasteiger partial charge is 0.368 e. The van der Waals surface area contributed by atoms with Crippen LogP contribution in [0.2, 0.25) is 0 Å². The Kier molecular flexibility index (Phi) is 5.36. The maximum Gasteiger partial charge on any atom is 0.418 e. The van der Waals surface area contributed by atoms with Crippen molar-refractivity contribution < 1.29 is 18.0 Å². The van der Waals surface area contributed by atoms with Crippen LogP contribution in [0.15, 0.2) is 60.9 Å². The molecular formula is C20H14F3N5O. The van der Waals surface area contributed by atoms with E-state index in [-0.39, 0.29) is 11.6 Å². The van der Waals surface area contributed by atoms with Crippen LogP contribution < -0.4 is 16.0 Å². The average Bonchev–Trinajstić information content (AvgIpc) is 2.69. The fourth-order valence-electron chi connectivity index (χ4n) is 2.57. The third kappa shape index (κ3) is 4.44. The van der Waals surface area contributed by atoms with Crippen molar-refractivity contribution in [2.24, 2.45) is 0 Å². The number of nitrogens with one attached hydrogen (secondary N) is 1. The van der Waals surface area contributed by atoms with Crippen molar-refractivity contribution in [1.82, 2.24) is 9.97 Å². The number of urea groups is 1. The quantitative estimate of drug-likeness (QED) is 0.508. The summed E-state index contributed by atoms with van der Waals surface area (Å²) in [5.41, 5.74) is 5.65. The number of nitrogens with two attached hydrogens (primary N) is 1. The number of rotatable bonds is 3. The Morgan fingerprint density at radius 1 is 1.07 bits per heavy atom. The molecule has 0 aliphatic carbocycles. The van der Waals surface area contributed by atoms with E-state index in [4.69, 9.17) is 12.2 Å². The van der Waals surface area contributed by atoms with Gasteiger partial charge in [0.2, 0.25) is 5.95 Å². The van der Waals surface area contributed by atoms with Crippen molar-refractivity contribution in [2.45, 2.75) is 6.18 Å². The third-order valence-electron chi connectivity index (χ3n) is 3.92. The van der Waals surface area contributed by atoms with Crippen molar-refractivity contribution in [2.75, 3.05) is 16.0 Å². The first-order valence-electron chi connectivity index (χ1n) is 8.21. The second-order valence-electron chi connectivity index (χ2n) is 5.82. The Morgan fingerprint density at radius 3 is 2.41 bits per heavy atom. The van der Waals surface area contributed by atoms with Crippen molar-refractivity contribution in [3.05, 3.63) is 66.5 Å². The van der Waals surface area contributed by atoms with Gasteiger partial charge < -0.3 is 11.1 Å². The fraction of sp³-hybridized carbons (Fsp3) is 0.0500. The molecule has 1 aromatic heterocycles. The molecule has 2 amide bonds. The summed E-state index contributed by atoms with van der Waals surface area (Å²) in [6, 6.07) is 12.4. The first-order valence-corrected chi connectivity index (χ1v) is 8.21. The number of hydrogen-bond acceptors (Lipinski definition) is 4. The van der Waals surface area contributed by atoms with E-state index in [0.717, 1.165) is 17.0 Å². The molecule has 29 heavy (non-hydrogen) atoms. The molecule has 0 aliphatic rings. The second-order valence-corrected chi connectivity index (χ2v) is 5.82. The molecule has 0 atom stereocenters. The van der Waals surface area contributed by atoms with Crippen LogP contribution in [0.1, 0.15) is 5.56 Å². The first kappa shape index (κ1) is 19.7. The Morgan fingerprint density at radius 2 is 1.76 bits per heavy atom. The number of hydrogen-bond donors (Lipinski definition) is 2. The highest BCUT2D eigenvalue weighted by Crippen LogP contribution is 2.35. The van der Waals surface area contributed by atoms with Gasteiger partial charge in [0.15, 0.2) is 0 Å². The zero-order valence-electron chi connectivity index (χ0n) is 14.8. The number of alkyl halides is 3. The van der Waals surface area contributed by atoms with Crippen LogP contribution in [0.3, 0.4) is 0 Å². The number of nitrogens with zero attached hydrogens (tertiary/aromatic N) is 3. The molecule has 0 saturated carbocycles. The summed E-state index contributed by atoms with van der Waals surface area (Å²) in [5.74, 6) is 0.109. The van der Waals surface area contributed by atoms with Crippen LogP contribution in [-0.2, 0) is 6.18 Å². The van der Waals surface area contributed by atoms with Crippen LogP contribution in [0.5, 0.6) is 0 Å². The van der Waals surface area contributed by atoms with Gasteiger partial charge in [-0.15, -0.1) is 0 Å². The summed E-state index contributed by atoms with van der Waals surface area (Å²) in [7, 11) is 0. The number of para-hydroxylation sites is 1. The number of carbonyl (C=O) groups excluding carboxylic acids is 1. The van der Waals surface area contributed by atoms with E-state index in [2.05, 4.69) is 21.3 Å². The molecule has 0 radical (unpaired) electrons. The lowest BCUT2D eigenvalue weighted by molar-refractivity contribution is -0.136. The molecule has 2 aromatic carbocycles. The van der Waals surface area contributed by atoms with Gasteiger partial charge in [-0.1, -0.05) is 30.7 Å². The summed E-state index contributed by atoms with van der Waals surface area (Å²) in [5, 5.41) is 2.22. The molecule has 3 N–H and O–H groups in total. The molecule has 9 heteroatoms. The van der Waals surface area contributed by atoms with Gasteiger partial charge in [0.25, 0.3) is 0 Å². The van der Waals surface area contributed by atoms with E-state index in [1.807, 2.05) is 0 Å². The molecular weight excluding hydrogens is 383 g/mol. The second kappa shape index (κ2) is 7.90. The van der Waals surface area contributed by atoms with Crippen molar-refractivity contribution in [3.8, 4) is 23.6 Å². The minimum absolute atomic E-state index is 0.109. The molecule has 146 valence electrons. The lowest BCUT2D eigenvalue weighted by atomic mass is 10.1. The number of carbonyl (C=O) groups is 1. The first-order chi connectivity index (χ1) is 13.8. The molecule has 0 fully saturated rings. The Hall–Kier alpha value is -4.06. The maximum atomic E-state index is 13.1. The number of halogens is 3. The van der Waals surface area contributed by atoms with Gasteiger partial charge in [0.1, 0.15) is 0 Å². The zero-order chi connectivity index (χ0) is 21.0. The van der Waals surface area contributed by atoms with Gasteiger partial charge in [-0.05, 0) is 29.8 Å². The average molecular weight is 397 g/mol. The van der Waals surface area contributed by atoms with Crippen molar-refractivity contribution in [3.63, 3.8) is 0 Å². The zero-order valence-corrected chi connectivity index (χ0v) is 14.8. The van der Waals surface area contributed by atoms with E-state index in [1.54, 1.807) is 24.3 Å². The third-order valence-corrected chi connectivity index (χ3v) is 3.92. The predicted molar refractivity (Wildman–Crippen MR) is 104 cm³/mol. The van der Waals surface area contributed by atoms with Crippen LogP contribution in [-0.4, -0.2) is 16.0 Å². The van der Waals surface area contributed by atoms with Gasteiger partial charge in [-0.25, -0.2) is 19.7 Å². The van der Waals surface area contributed by atoms with E-state index in [9.17, 15) is 18.0 Å². The van der Waals surface area contributed by atoms with Gasteiger partial charge in [0, 0.05) is 24.0 Å². The highest BCUT2D eigenvalue weighted by molar-refractivity contribution is 6.04. The number of amides is 2. The Balaban J connectivity index is 1.89. The molecule has 0 unspecified atom stereocenters. The molecule has 6 nitrogen and oxygen atoms in total. The lowest BCUT2D eigenvalue weighted by Gasteiger charge is -2.19. The normalized spacial score (nSPS) is 10.8. The summed E-state index contributed by atoms with van der Waals surface area (Å²) in [6.07, 6.45) is 3.82. The van der Waals surface area contributed by atoms with Crippen LogP contribution >= 0.6 is 0 Å². The summed E-state index contributed by atoms with van der Waals surface area (Å²) >= 11 is 0. The predicted octanol–water partition coefficient (Wildman–Crippen LogP) is 4.37. The molecule has 3 rings (SSSR count). The van der Waals surface area contributed by atoms with Gasteiger partial charge in [0.05, 0.1) is 16.9 Å². The number of aromatic nitrogens is 2. The maximum absolute atomic E-state index is 13.1. The summed E-state index contributed by atoms with van der Waals surface area (Å²) in [6.45, 7) is 0. The van der Waals surface area contributed by atoms with E-state index < -0.39 is 23.5 Å². The fourth-order valence-corrected chi connectivity index (χ4v) is 2.57. The molecule has 3 aromatic rings. The van der Waals surface area contributed by atoms with Gasteiger partial charge >= 0.3 is 12.2 Å². The minimum Gasteiger partial charge on any atom is -0.368 e. The summed E-state index contributed by atoms with van der Waals surface area (Å²) < 4.78 is 39.4. The Bertz CT molecular complexity index is 1070. The van der Waals surface area contributed by atoms with Crippen molar-refractivity contribution in [1.29, 1.82) is 0 Å². The minimum atomic E-state index is -4.63. The highest BCUT2D eigenvalue weighted by atomic mass is 19.4. The van der Waals surface area contributed by atoms with Crippen molar-refractivity contribution >= 4 is 23.4 Å². The number of anilines is 3. The highest BCUT2D eigenvalue weighted by Gasteiger charge is 2.34. The van der Waals surface area contributed by atoms with E-state index in [1.165, 1.54) is 24.5 Å². The standard InChI is InChI=1S/C20H14F3N5O/c1-2-28(19(29)27-17-9-4-3-8-16(17)20(21,22)23)15-7-5-6-13(10-15)14-11-25-18(24)26-12-14/h1,3-12H,(H,27,29)(H2,24,25,26). The van der Waals surface area contributed by atoms with Gasteiger partial charge in [-0.3, -0.25) is 0 Å². The number of nitrogen functional groups attached to an aromatic ring is 1. The van der Waals surface area contributed by atoms with Crippen LogP contribution in [0, 0.1) is 12.5 Å². The van der Waals surface area contributed by atoms with E-state index in [0.29, 0.717) is 11.1 Å². The number of benzene rings is 2. The monoisotopic (exact) mass is 397 g/mol. The molecule has 0 spiro atoms. The van der Waals surface area contributed by atoms with E-state index >= 15 is 0 Å². The molecule has 0 saturated heterocycles. The lowest BCUT2D eigenvalue weighted by Crippen LogP contribution is -2.31. The van der Waals surface area contributed by atoms with Crippen LogP contribution in [0.4, 0.5) is 35.3 Å². The summed E-state index contributed by atoms with van der Waals surface area (Å²) in [4.78, 5) is 21.3. The van der Waals surface area contributed by atoms with Gasteiger partial charge in [-0.2, -0.15) is 13.2 Å².